The van der Waals surface area contributed by atoms with Crippen molar-refractivity contribution in [3.63, 3.8) is 0 Å². The molecule has 4 nitrogen and oxygen atoms in total. The zero-order chi connectivity index (χ0) is 12.8. The Bertz CT molecular complexity index is 389. The first-order chi connectivity index (χ1) is 8.02. The molecule has 0 saturated heterocycles. The third-order valence-electron chi connectivity index (χ3n) is 2.53. The van der Waals surface area contributed by atoms with E-state index < -0.39 is 0 Å². The Morgan fingerprint density at radius 1 is 1.53 bits per heavy atom. The van der Waals surface area contributed by atoms with Gasteiger partial charge in [-0.1, -0.05) is 0 Å². The molecular weight excluding hydrogens is 216 g/mol. The molecule has 0 spiro atoms. The summed E-state index contributed by atoms with van der Waals surface area (Å²) in [4.78, 5) is 11.6. The van der Waals surface area contributed by atoms with Gasteiger partial charge in [0.05, 0.1) is 7.11 Å². The maximum atomic E-state index is 11.6. The average molecular weight is 236 g/mol. The number of anilines is 1. The van der Waals surface area contributed by atoms with E-state index >= 15 is 0 Å². The number of benzene rings is 1. The van der Waals surface area contributed by atoms with E-state index in [9.17, 15) is 4.79 Å². The Morgan fingerprint density at radius 2 is 2.24 bits per heavy atom. The summed E-state index contributed by atoms with van der Waals surface area (Å²) >= 11 is 0. The molecule has 1 rings (SSSR count). The summed E-state index contributed by atoms with van der Waals surface area (Å²) in [5, 5.41) is 2.87. The van der Waals surface area contributed by atoms with E-state index in [0.717, 1.165) is 17.0 Å². The summed E-state index contributed by atoms with van der Waals surface area (Å²) in [6, 6.07) is 5.62. The summed E-state index contributed by atoms with van der Waals surface area (Å²) in [5.41, 5.74) is 7.41. The second-order valence-electron chi connectivity index (χ2n) is 4.24. The van der Waals surface area contributed by atoms with Gasteiger partial charge in [0, 0.05) is 18.2 Å². The summed E-state index contributed by atoms with van der Waals surface area (Å²) in [6.07, 6.45) is 1.14. The minimum absolute atomic E-state index is 0.00410. The van der Waals surface area contributed by atoms with E-state index in [1.54, 1.807) is 7.11 Å². The van der Waals surface area contributed by atoms with E-state index in [-0.39, 0.29) is 11.9 Å². The van der Waals surface area contributed by atoms with Crippen molar-refractivity contribution < 1.29 is 9.53 Å². The summed E-state index contributed by atoms with van der Waals surface area (Å²) < 4.78 is 5.10. The van der Waals surface area contributed by atoms with Crippen molar-refractivity contribution in [1.29, 1.82) is 0 Å². The van der Waals surface area contributed by atoms with Gasteiger partial charge in [0.25, 0.3) is 0 Å². The van der Waals surface area contributed by atoms with E-state index in [1.165, 1.54) is 0 Å². The number of nitrogens with two attached hydrogens (primary N) is 1. The fourth-order valence-corrected chi connectivity index (χ4v) is 1.47. The van der Waals surface area contributed by atoms with Gasteiger partial charge in [0.1, 0.15) is 5.75 Å². The van der Waals surface area contributed by atoms with Crippen molar-refractivity contribution in [2.45, 2.75) is 32.7 Å². The molecule has 0 saturated carbocycles. The largest absolute Gasteiger partial charge is 0.497 e. The predicted molar refractivity (Wildman–Crippen MR) is 69.2 cm³/mol. The summed E-state index contributed by atoms with van der Waals surface area (Å²) in [7, 11) is 1.62. The lowest BCUT2D eigenvalue weighted by atomic mass is 10.1. The SMILES string of the molecule is COc1ccc(NC(=O)CCC(C)N)c(C)c1. The number of nitrogens with one attached hydrogen (secondary N) is 1. The van der Waals surface area contributed by atoms with Gasteiger partial charge < -0.3 is 15.8 Å². The normalized spacial score (nSPS) is 12.0. The number of hydrogen-bond donors (Lipinski definition) is 2. The Balaban J connectivity index is 2.59. The zero-order valence-corrected chi connectivity index (χ0v) is 10.6. The maximum absolute atomic E-state index is 11.6. The smallest absolute Gasteiger partial charge is 0.224 e. The van der Waals surface area contributed by atoms with Crippen LogP contribution in [0.15, 0.2) is 18.2 Å². The van der Waals surface area contributed by atoms with Crippen molar-refractivity contribution >= 4 is 11.6 Å². The van der Waals surface area contributed by atoms with Crippen LogP contribution >= 0.6 is 0 Å². The third-order valence-corrected chi connectivity index (χ3v) is 2.53. The molecule has 0 radical (unpaired) electrons. The highest BCUT2D eigenvalue weighted by molar-refractivity contribution is 5.91. The molecule has 1 aromatic carbocycles. The Morgan fingerprint density at radius 3 is 2.76 bits per heavy atom. The van der Waals surface area contributed by atoms with Crippen molar-refractivity contribution in [2.24, 2.45) is 5.73 Å². The second-order valence-corrected chi connectivity index (χ2v) is 4.24. The first-order valence-electron chi connectivity index (χ1n) is 5.73. The minimum Gasteiger partial charge on any atom is -0.497 e. The molecule has 1 amide bonds. The van der Waals surface area contributed by atoms with Crippen LogP contribution in [0.3, 0.4) is 0 Å². The van der Waals surface area contributed by atoms with Gasteiger partial charge >= 0.3 is 0 Å². The molecular formula is C13H20N2O2. The molecule has 1 aromatic rings. The topological polar surface area (TPSA) is 64.3 Å². The Labute approximate surface area is 102 Å². The van der Waals surface area contributed by atoms with Crippen molar-refractivity contribution in [3.05, 3.63) is 23.8 Å². The number of amides is 1. The van der Waals surface area contributed by atoms with Gasteiger partial charge in [0.2, 0.25) is 5.91 Å². The molecule has 17 heavy (non-hydrogen) atoms. The quantitative estimate of drug-likeness (QED) is 0.822. The van der Waals surface area contributed by atoms with Gasteiger partial charge in [-0.05, 0) is 44.0 Å². The monoisotopic (exact) mass is 236 g/mol. The molecule has 3 N–H and O–H groups in total. The Kier molecular flexibility index (Phi) is 4.97. The van der Waals surface area contributed by atoms with Crippen LogP contribution in [0.1, 0.15) is 25.3 Å². The molecule has 0 bridgehead atoms. The average Bonchev–Trinajstić information content (AvgIpc) is 2.29. The minimum atomic E-state index is -0.00410. The summed E-state index contributed by atoms with van der Waals surface area (Å²) in [6.45, 7) is 3.83. The highest BCUT2D eigenvalue weighted by Gasteiger charge is 2.06. The number of methoxy groups -OCH3 is 1. The van der Waals surface area contributed by atoms with E-state index in [1.807, 2.05) is 32.0 Å². The molecule has 1 atom stereocenters. The van der Waals surface area contributed by atoms with E-state index in [2.05, 4.69) is 5.32 Å². The van der Waals surface area contributed by atoms with Crippen LogP contribution in [-0.4, -0.2) is 19.1 Å². The highest BCUT2D eigenvalue weighted by atomic mass is 16.5. The van der Waals surface area contributed by atoms with Gasteiger partial charge in [-0.3, -0.25) is 4.79 Å². The first-order valence-corrected chi connectivity index (χ1v) is 5.73. The molecule has 0 aliphatic rings. The van der Waals surface area contributed by atoms with Crippen LogP contribution in [0.25, 0.3) is 0 Å². The molecule has 0 fully saturated rings. The van der Waals surface area contributed by atoms with Crippen LogP contribution in [0, 0.1) is 6.92 Å². The van der Waals surface area contributed by atoms with Crippen molar-refractivity contribution in [1.82, 2.24) is 0 Å². The molecule has 0 aromatic heterocycles. The number of rotatable bonds is 5. The molecule has 0 aliphatic heterocycles. The van der Waals surface area contributed by atoms with Crippen LogP contribution in [-0.2, 0) is 4.79 Å². The van der Waals surface area contributed by atoms with Crippen LogP contribution in [0.5, 0.6) is 5.75 Å². The third kappa shape index (κ3) is 4.44. The van der Waals surface area contributed by atoms with Crippen LogP contribution in [0.4, 0.5) is 5.69 Å². The first kappa shape index (κ1) is 13.5. The maximum Gasteiger partial charge on any atom is 0.224 e. The highest BCUT2D eigenvalue weighted by Crippen LogP contribution is 2.21. The van der Waals surface area contributed by atoms with E-state index in [0.29, 0.717) is 12.8 Å². The fraction of sp³-hybridized carbons (Fsp3) is 0.462. The van der Waals surface area contributed by atoms with Crippen molar-refractivity contribution in [2.75, 3.05) is 12.4 Å². The molecule has 4 heteroatoms. The predicted octanol–water partition coefficient (Wildman–Crippen LogP) is 2.07. The fourth-order valence-electron chi connectivity index (χ4n) is 1.47. The number of ether oxygens (including phenoxy) is 1. The second kappa shape index (κ2) is 6.25. The van der Waals surface area contributed by atoms with Crippen LogP contribution in [0.2, 0.25) is 0 Å². The number of carbonyl (C=O) groups excluding carboxylic acids is 1. The lowest BCUT2D eigenvalue weighted by Gasteiger charge is -2.10. The summed E-state index contributed by atoms with van der Waals surface area (Å²) in [5.74, 6) is 0.784. The number of carbonyl (C=O) groups is 1. The van der Waals surface area contributed by atoms with E-state index in [4.69, 9.17) is 10.5 Å². The van der Waals surface area contributed by atoms with Gasteiger partial charge in [-0.25, -0.2) is 0 Å². The molecule has 0 heterocycles. The number of aryl methyl sites for hydroxylation is 1. The van der Waals surface area contributed by atoms with Crippen molar-refractivity contribution in [3.8, 4) is 5.75 Å². The molecule has 0 aliphatic carbocycles. The molecule has 94 valence electrons. The van der Waals surface area contributed by atoms with Gasteiger partial charge in [-0.2, -0.15) is 0 Å². The lowest BCUT2D eigenvalue weighted by Crippen LogP contribution is -2.19. The lowest BCUT2D eigenvalue weighted by molar-refractivity contribution is -0.116. The standard InChI is InChI=1S/C13H20N2O2/c1-9-8-11(17-3)5-6-12(9)15-13(16)7-4-10(2)14/h5-6,8,10H,4,7,14H2,1-3H3,(H,15,16). The zero-order valence-electron chi connectivity index (χ0n) is 10.6. The van der Waals surface area contributed by atoms with Gasteiger partial charge in [0.15, 0.2) is 0 Å². The molecule has 1 unspecified atom stereocenters. The van der Waals surface area contributed by atoms with Crippen LogP contribution < -0.4 is 15.8 Å². The number of hydrogen-bond acceptors (Lipinski definition) is 3. The Hall–Kier alpha value is -1.55. The van der Waals surface area contributed by atoms with Gasteiger partial charge in [-0.15, -0.1) is 0 Å².